The monoisotopic (exact) mass is 155 g/mol. The lowest BCUT2D eigenvalue weighted by atomic mass is 9.99. The lowest BCUT2D eigenvalue weighted by molar-refractivity contribution is 0.352. The van der Waals surface area contributed by atoms with Gasteiger partial charge in [-0.25, -0.2) is 0 Å². The average molecular weight is 155 g/mol. The molecule has 0 aromatic carbocycles. The van der Waals surface area contributed by atoms with Crippen molar-refractivity contribution >= 4 is 0 Å². The second-order valence-corrected chi connectivity index (χ2v) is 3.95. The first kappa shape index (κ1) is 10.7. The highest BCUT2D eigenvalue weighted by Crippen LogP contribution is 2.10. The molecule has 0 aliphatic rings. The molecule has 0 saturated heterocycles. The van der Waals surface area contributed by atoms with Crippen LogP contribution in [0.2, 0.25) is 0 Å². The minimum atomic E-state index is 0.234. The lowest BCUT2D eigenvalue weighted by Crippen LogP contribution is -2.44. The standard InChI is InChI=1S/C10H21N/c1-7-10(5,6)11-9(4)8(2)3/h9,11H,2,7H2,1,3-6H3. The van der Waals surface area contributed by atoms with E-state index in [1.165, 1.54) is 5.57 Å². The fourth-order valence-corrected chi connectivity index (χ4v) is 0.811. The Hall–Kier alpha value is -0.300. The third-order valence-corrected chi connectivity index (χ3v) is 2.23. The molecule has 0 radical (unpaired) electrons. The Balaban J connectivity index is 3.93. The van der Waals surface area contributed by atoms with Gasteiger partial charge in [0.25, 0.3) is 0 Å². The molecule has 0 aromatic heterocycles. The van der Waals surface area contributed by atoms with Crippen LogP contribution in [0.1, 0.15) is 41.0 Å². The van der Waals surface area contributed by atoms with Gasteiger partial charge >= 0.3 is 0 Å². The van der Waals surface area contributed by atoms with E-state index in [1.54, 1.807) is 0 Å². The van der Waals surface area contributed by atoms with Crippen LogP contribution >= 0.6 is 0 Å². The van der Waals surface area contributed by atoms with Gasteiger partial charge in [0, 0.05) is 11.6 Å². The zero-order valence-corrected chi connectivity index (χ0v) is 8.49. The van der Waals surface area contributed by atoms with E-state index in [4.69, 9.17) is 0 Å². The highest BCUT2D eigenvalue weighted by Gasteiger charge is 2.16. The van der Waals surface area contributed by atoms with Crippen LogP contribution in [0.15, 0.2) is 12.2 Å². The molecular formula is C10H21N. The van der Waals surface area contributed by atoms with Crippen LogP contribution in [0.3, 0.4) is 0 Å². The zero-order valence-electron chi connectivity index (χ0n) is 8.49. The molecule has 0 bridgehead atoms. The van der Waals surface area contributed by atoms with Gasteiger partial charge in [-0.3, -0.25) is 0 Å². The minimum Gasteiger partial charge on any atom is -0.306 e. The Kier molecular flexibility index (Phi) is 3.81. The van der Waals surface area contributed by atoms with Gasteiger partial charge < -0.3 is 5.32 Å². The molecule has 0 amide bonds. The van der Waals surface area contributed by atoms with Crippen LogP contribution < -0.4 is 5.32 Å². The summed E-state index contributed by atoms with van der Waals surface area (Å²) in [5.41, 5.74) is 1.43. The largest absolute Gasteiger partial charge is 0.306 e. The average Bonchev–Trinajstić information content (AvgIpc) is 1.87. The molecule has 0 aliphatic heterocycles. The Bertz CT molecular complexity index is 136. The van der Waals surface area contributed by atoms with E-state index in [0.717, 1.165) is 6.42 Å². The predicted octanol–water partition coefficient (Wildman–Crippen LogP) is 2.73. The van der Waals surface area contributed by atoms with Crippen molar-refractivity contribution < 1.29 is 0 Å². The summed E-state index contributed by atoms with van der Waals surface area (Å²) in [7, 11) is 0. The molecule has 0 spiro atoms. The maximum absolute atomic E-state index is 3.91. The van der Waals surface area contributed by atoms with Crippen LogP contribution in [0, 0.1) is 0 Å². The Morgan fingerprint density at radius 3 is 2.27 bits per heavy atom. The topological polar surface area (TPSA) is 12.0 Å². The summed E-state index contributed by atoms with van der Waals surface area (Å²) >= 11 is 0. The number of hydrogen-bond acceptors (Lipinski definition) is 1. The first-order chi connectivity index (χ1) is 4.89. The minimum absolute atomic E-state index is 0.234. The second kappa shape index (κ2) is 3.91. The third kappa shape index (κ3) is 4.20. The van der Waals surface area contributed by atoms with Crippen LogP contribution in [0.4, 0.5) is 0 Å². The summed E-state index contributed by atoms with van der Waals surface area (Å²) < 4.78 is 0. The van der Waals surface area contributed by atoms with Gasteiger partial charge in [-0.15, -0.1) is 0 Å². The van der Waals surface area contributed by atoms with Crippen molar-refractivity contribution in [2.24, 2.45) is 0 Å². The predicted molar refractivity (Wildman–Crippen MR) is 51.8 cm³/mol. The van der Waals surface area contributed by atoms with Crippen molar-refractivity contribution in [3.05, 3.63) is 12.2 Å². The first-order valence-corrected chi connectivity index (χ1v) is 4.32. The van der Waals surface area contributed by atoms with Crippen molar-refractivity contribution in [1.82, 2.24) is 5.32 Å². The molecule has 0 aliphatic carbocycles. The van der Waals surface area contributed by atoms with E-state index in [-0.39, 0.29) is 5.54 Å². The fourth-order valence-electron chi connectivity index (χ4n) is 0.811. The normalized spacial score (nSPS) is 14.6. The van der Waals surface area contributed by atoms with Gasteiger partial charge in [-0.05, 0) is 34.1 Å². The molecule has 1 N–H and O–H groups in total. The number of nitrogens with one attached hydrogen (secondary N) is 1. The van der Waals surface area contributed by atoms with E-state index >= 15 is 0 Å². The van der Waals surface area contributed by atoms with Crippen LogP contribution in [-0.4, -0.2) is 11.6 Å². The molecule has 1 heteroatoms. The van der Waals surface area contributed by atoms with Crippen molar-refractivity contribution in [3.63, 3.8) is 0 Å². The van der Waals surface area contributed by atoms with Crippen molar-refractivity contribution in [2.45, 2.75) is 52.6 Å². The fraction of sp³-hybridized carbons (Fsp3) is 0.800. The Morgan fingerprint density at radius 1 is 1.55 bits per heavy atom. The summed E-state index contributed by atoms with van der Waals surface area (Å²) in [6, 6.07) is 0.421. The van der Waals surface area contributed by atoms with Gasteiger partial charge in [-0.2, -0.15) is 0 Å². The summed E-state index contributed by atoms with van der Waals surface area (Å²) in [5, 5.41) is 3.51. The quantitative estimate of drug-likeness (QED) is 0.615. The van der Waals surface area contributed by atoms with E-state index in [1.807, 2.05) is 0 Å². The third-order valence-electron chi connectivity index (χ3n) is 2.23. The number of rotatable bonds is 4. The molecule has 11 heavy (non-hydrogen) atoms. The SMILES string of the molecule is C=C(C)C(C)NC(C)(C)CC. The molecule has 1 atom stereocenters. The summed E-state index contributed by atoms with van der Waals surface area (Å²) in [5.74, 6) is 0. The van der Waals surface area contributed by atoms with Crippen molar-refractivity contribution in [2.75, 3.05) is 0 Å². The van der Waals surface area contributed by atoms with E-state index in [0.29, 0.717) is 6.04 Å². The molecule has 1 nitrogen and oxygen atoms in total. The lowest BCUT2D eigenvalue weighted by Gasteiger charge is -2.29. The van der Waals surface area contributed by atoms with Gasteiger partial charge in [0.05, 0.1) is 0 Å². The first-order valence-electron chi connectivity index (χ1n) is 4.32. The molecule has 66 valence electrons. The maximum atomic E-state index is 3.91. The Morgan fingerprint density at radius 2 is 2.00 bits per heavy atom. The van der Waals surface area contributed by atoms with Gasteiger partial charge in [-0.1, -0.05) is 19.1 Å². The molecule has 0 aromatic rings. The van der Waals surface area contributed by atoms with E-state index in [2.05, 4.69) is 46.5 Å². The number of hydrogen-bond donors (Lipinski definition) is 1. The molecule has 0 heterocycles. The molecule has 0 saturated carbocycles. The Labute approximate surface area is 70.9 Å². The van der Waals surface area contributed by atoms with Crippen LogP contribution in [0.25, 0.3) is 0 Å². The smallest absolute Gasteiger partial charge is 0.0250 e. The molecular weight excluding hydrogens is 134 g/mol. The highest BCUT2D eigenvalue weighted by atomic mass is 15.0. The van der Waals surface area contributed by atoms with E-state index < -0.39 is 0 Å². The summed E-state index contributed by atoms with van der Waals surface area (Å²) in [6.45, 7) is 14.7. The van der Waals surface area contributed by atoms with Gasteiger partial charge in [0.2, 0.25) is 0 Å². The van der Waals surface area contributed by atoms with Crippen LogP contribution in [0.5, 0.6) is 0 Å². The van der Waals surface area contributed by atoms with Gasteiger partial charge in [0.1, 0.15) is 0 Å². The molecule has 0 rings (SSSR count). The summed E-state index contributed by atoms with van der Waals surface area (Å²) in [4.78, 5) is 0. The summed E-state index contributed by atoms with van der Waals surface area (Å²) in [6.07, 6.45) is 1.14. The zero-order chi connectivity index (χ0) is 9.07. The van der Waals surface area contributed by atoms with Crippen LogP contribution in [-0.2, 0) is 0 Å². The molecule has 0 fully saturated rings. The van der Waals surface area contributed by atoms with Gasteiger partial charge in [0.15, 0.2) is 0 Å². The van der Waals surface area contributed by atoms with Crippen molar-refractivity contribution in [1.29, 1.82) is 0 Å². The molecule has 1 unspecified atom stereocenters. The highest BCUT2D eigenvalue weighted by molar-refractivity contribution is 5.01. The maximum Gasteiger partial charge on any atom is 0.0250 e. The second-order valence-electron chi connectivity index (χ2n) is 3.95. The van der Waals surface area contributed by atoms with E-state index in [9.17, 15) is 0 Å². The van der Waals surface area contributed by atoms with Crippen molar-refractivity contribution in [3.8, 4) is 0 Å².